The van der Waals surface area contributed by atoms with Gasteiger partial charge in [-0.05, 0) is 53.8 Å². The number of ether oxygens (including phenoxy) is 1. The number of carbonyl (C=O) groups is 1. The average Bonchev–Trinajstić information content (AvgIpc) is 2.96. The summed E-state index contributed by atoms with van der Waals surface area (Å²) in [6, 6.07) is 12.0. The van der Waals surface area contributed by atoms with Crippen molar-refractivity contribution in [2.75, 3.05) is 45.9 Å². The third-order valence-corrected chi connectivity index (χ3v) is 9.06. The Morgan fingerprint density at radius 1 is 0.860 bits per heavy atom. The molecule has 10 heteroatoms. The van der Waals surface area contributed by atoms with Crippen molar-refractivity contribution in [3.05, 3.63) is 65.2 Å². The minimum Gasteiger partial charge on any atom is -0.464 e. The number of halogens is 5. The quantitative estimate of drug-likeness (QED) is 0.127. The lowest BCUT2D eigenvalue weighted by Gasteiger charge is -2.34. The van der Waals surface area contributed by atoms with Crippen molar-refractivity contribution in [3.8, 4) is 0 Å². The molecule has 0 aliphatic carbocycles. The van der Waals surface area contributed by atoms with Crippen LogP contribution in [0.1, 0.15) is 81.4 Å². The Kier molecular flexibility index (Phi) is 16.5. The molecule has 0 spiro atoms. The summed E-state index contributed by atoms with van der Waals surface area (Å²) in [6.07, 6.45) is 7.34. The zero-order valence-electron chi connectivity index (χ0n) is 25.0. The molecular formula is C33H45Cl2F3N2O2S. The van der Waals surface area contributed by atoms with Gasteiger partial charge in [0.25, 0.3) is 0 Å². The van der Waals surface area contributed by atoms with Crippen molar-refractivity contribution in [1.82, 2.24) is 9.80 Å². The molecule has 43 heavy (non-hydrogen) atoms. The van der Waals surface area contributed by atoms with Gasteiger partial charge in [0.1, 0.15) is 6.61 Å². The fourth-order valence-electron chi connectivity index (χ4n) is 5.48. The van der Waals surface area contributed by atoms with Gasteiger partial charge >= 0.3 is 12.1 Å². The molecule has 2 aromatic carbocycles. The fraction of sp³-hybridized carbons (Fsp3) is 0.545. The molecule has 0 amide bonds. The van der Waals surface area contributed by atoms with E-state index < -0.39 is 11.7 Å². The highest BCUT2D eigenvalue weighted by Gasteiger charge is 2.32. The first-order valence-electron chi connectivity index (χ1n) is 15.1. The molecule has 1 fully saturated rings. The van der Waals surface area contributed by atoms with Gasteiger partial charge in [0.2, 0.25) is 0 Å². The number of nitrogens with zero attached hydrogens (tertiary/aromatic N) is 2. The zero-order chi connectivity index (χ0) is 29.1. The molecule has 0 radical (unpaired) electrons. The summed E-state index contributed by atoms with van der Waals surface area (Å²) in [5.41, 5.74) is 1.93. The molecule has 0 N–H and O–H groups in total. The van der Waals surface area contributed by atoms with Gasteiger partial charge in [0, 0.05) is 55.5 Å². The molecule has 2 heterocycles. The number of rotatable bonds is 14. The smallest absolute Gasteiger partial charge is 0.416 e. The van der Waals surface area contributed by atoms with Crippen LogP contribution in [0, 0.1) is 0 Å². The van der Waals surface area contributed by atoms with Crippen LogP contribution in [0.5, 0.6) is 0 Å². The second-order valence-electron chi connectivity index (χ2n) is 11.0. The Morgan fingerprint density at radius 2 is 1.49 bits per heavy atom. The molecule has 0 atom stereocenters. The lowest BCUT2D eigenvalue weighted by atomic mass is 9.94. The van der Waals surface area contributed by atoms with Gasteiger partial charge in [-0.3, -0.25) is 9.69 Å². The van der Waals surface area contributed by atoms with E-state index in [2.05, 4.69) is 22.8 Å². The van der Waals surface area contributed by atoms with E-state index >= 15 is 0 Å². The van der Waals surface area contributed by atoms with Crippen LogP contribution in [-0.2, 0) is 15.7 Å². The maximum absolute atomic E-state index is 13.5. The Labute approximate surface area is 271 Å². The molecule has 0 saturated carbocycles. The van der Waals surface area contributed by atoms with E-state index in [1.165, 1.54) is 56.0 Å². The topological polar surface area (TPSA) is 32.8 Å². The Bertz CT molecular complexity index is 1170. The van der Waals surface area contributed by atoms with Crippen LogP contribution in [0.4, 0.5) is 13.2 Å². The number of alkyl halides is 3. The van der Waals surface area contributed by atoms with E-state index in [1.807, 2.05) is 24.3 Å². The molecular weight excluding hydrogens is 616 g/mol. The predicted octanol–water partition coefficient (Wildman–Crippen LogP) is 9.14. The first kappa shape index (κ1) is 37.5. The third-order valence-electron chi connectivity index (χ3n) is 7.91. The standard InChI is InChI=1S/C33H43F3N2O2S.2ClH/c1-2-3-4-5-6-7-8-15-32(39)40-24-23-38-21-19-37(20-22-38)18-11-13-27-28-12-9-10-14-30(28)41-31-17-16-26(25-29(27)31)33(34,35)36;;/h9-10,12-14,16-17,25H,2-8,11,15,18-24H2,1H3;2*1H/b27-13+;;. The van der Waals surface area contributed by atoms with E-state index in [0.717, 1.165) is 79.5 Å². The Morgan fingerprint density at radius 3 is 2.19 bits per heavy atom. The molecule has 2 aromatic rings. The normalized spacial score (nSPS) is 16.1. The fourth-order valence-corrected chi connectivity index (χ4v) is 6.57. The second kappa shape index (κ2) is 18.9. The third kappa shape index (κ3) is 11.6. The second-order valence-corrected chi connectivity index (χ2v) is 12.1. The van der Waals surface area contributed by atoms with Crippen LogP contribution in [-0.4, -0.2) is 61.6 Å². The summed E-state index contributed by atoms with van der Waals surface area (Å²) in [4.78, 5) is 18.7. The molecule has 240 valence electrons. The summed E-state index contributed by atoms with van der Waals surface area (Å²) < 4.78 is 45.9. The van der Waals surface area contributed by atoms with Crippen molar-refractivity contribution in [3.63, 3.8) is 0 Å². The molecule has 0 aromatic heterocycles. The van der Waals surface area contributed by atoms with Gasteiger partial charge in [-0.25, -0.2) is 0 Å². The summed E-state index contributed by atoms with van der Waals surface area (Å²) in [7, 11) is 0. The van der Waals surface area contributed by atoms with Crippen LogP contribution >= 0.6 is 36.6 Å². The van der Waals surface area contributed by atoms with E-state index in [4.69, 9.17) is 4.74 Å². The number of carbonyl (C=O) groups excluding carboxylic acids is 1. The molecule has 2 aliphatic rings. The summed E-state index contributed by atoms with van der Waals surface area (Å²) in [5, 5.41) is 0. The highest BCUT2D eigenvalue weighted by Crippen LogP contribution is 2.47. The highest BCUT2D eigenvalue weighted by molar-refractivity contribution is 7.99. The monoisotopic (exact) mass is 660 g/mol. The zero-order valence-corrected chi connectivity index (χ0v) is 27.5. The molecule has 2 aliphatic heterocycles. The minimum absolute atomic E-state index is 0. The van der Waals surface area contributed by atoms with E-state index in [1.54, 1.807) is 6.07 Å². The van der Waals surface area contributed by atoms with Crippen LogP contribution in [0.3, 0.4) is 0 Å². The van der Waals surface area contributed by atoms with E-state index in [9.17, 15) is 18.0 Å². The number of hydrogen-bond acceptors (Lipinski definition) is 5. The minimum atomic E-state index is -4.37. The number of piperazine rings is 1. The van der Waals surface area contributed by atoms with E-state index in [0.29, 0.717) is 18.6 Å². The van der Waals surface area contributed by atoms with Crippen molar-refractivity contribution < 1.29 is 22.7 Å². The maximum atomic E-state index is 13.5. The average molecular weight is 662 g/mol. The molecule has 4 rings (SSSR count). The largest absolute Gasteiger partial charge is 0.464 e. The van der Waals surface area contributed by atoms with Crippen LogP contribution in [0.2, 0.25) is 0 Å². The lowest BCUT2D eigenvalue weighted by molar-refractivity contribution is -0.144. The van der Waals surface area contributed by atoms with Crippen molar-refractivity contribution in [2.24, 2.45) is 0 Å². The molecule has 4 nitrogen and oxygen atoms in total. The summed E-state index contributed by atoms with van der Waals surface area (Å²) in [5.74, 6) is -0.0863. The first-order chi connectivity index (χ1) is 19.8. The van der Waals surface area contributed by atoms with Gasteiger partial charge in [-0.15, -0.1) is 24.8 Å². The van der Waals surface area contributed by atoms with Gasteiger partial charge in [-0.1, -0.05) is 81.5 Å². The lowest BCUT2D eigenvalue weighted by Crippen LogP contribution is -2.47. The van der Waals surface area contributed by atoms with Gasteiger partial charge in [-0.2, -0.15) is 13.2 Å². The first-order valence-corrected chi connectivity index (χ1v) is 16.0. The predicted molar refractivity (Wildman–Crippen MR) is 175 cm³/mol. The number of fused-ring (bicyclic) bond motifs is 2. The summed E-state index contributed by atoms with van der Waals surface area (Å²) in [6.45, 7) is 7.97. The van der Waals surface area contributed by atoms with Crippen LogP contribution in [0.25, 0.3) is 5.57 Å². The summed E-state index contributed by atoms with van der Waals surface area (Å²) >= 11 is 1.53. The number of benzene rings is 2. The Balaban J connectivity index is 0.00000323. The van der Waals surface area contributed by atoms with Crippen molar-refractivity contribution >= 4 is 48.1 Å². The van der Waals surface area contributed by atoms with Crippen LogP contribution in [0.15, 0.2) is 58.3 Å². The number of esters is 1. The molecule has 0 unspecified atom stereocenters. The number of unbranched alkanes of at least 4 members (excludes halogenated alkanes) is 6. The number of hydrogen-bond donors (Lipinski definition) is 0. The molecule has 1 saturated heterocycles. The van der Waals surface area contributed by atoms with E-state index in [-0.39, 0.29) is 30.8 Å². The molecule has 0 bridgehead atoms. The van der Waals surface area contributed by atoms with Crippen molar-refractivity contribution in [1.29, 1.82) is 0 Å². The van der Waals surface area contributed by atoms with Gasteiger partial charge < -0.3 is 9.64 Å². The Hall–Kier alpha value is -1.71. The van der Waals surface area contributed by atoms with Gasteiger partial charge in [0.05, 0.1) is 5.56 Å². The maximum Gasteiger partial charge on any atom is 0.416 e. The van der Waals surface area contributed by atoms with Crippen molar-refractivity contribution in [2.45, 2.75) is 80.7 Å². The SMILES string of the molecule is CCCCCCCCCC(=O)OCCN1CCN(CC/C=C2\c3ccccc3Sc3ccc(C(F)(F)F)cc32)CC1.Cl.Cl. The van der Waals surface area contributed by atoms with Crippen LogP contribution < -0.4 is 0 Å². The highest BCUT2D eigenvalue weighted by atomic mass is 35.5. The van der Waals surface area contributed by atoms with Gasteiger partial charge in [0.15, 0.2) is 0 Å².